The lowest BCUT2D eigenvalue weighted by molar-refractivity contribution is -0.123. The van der Waals surface area contributed by atoms with E-state index in [1.807, 2.05) is 0 Å². The number of nitrogens with zero attached hydrogens (tertiary/aromatic N) is 3. The van der Waals surface area contributed by atoms with Crippen LogP contribution in [0.2, 0.25) is 0 Å². The molecule has 0 saturated carbocycles. The number of Topliss-reactive ketones (excluding diaryl/α,β-unsaturated/α-hetero) is 1. The molecule has 1 aromatic heterocycles. The van der Waals surface area contributed by atoms with Crippen molar-refractivity contribution in [1.82, 2.24) is 15.0 Å². The summed E-state index contributed by atoms with van der Waals surface area (Å²) in [6, 6.07) is 0.0287. The molecule has 0 N–H and O–H groups in total. The monoisotopic (exact) mass is 223 g/mol. The largest absolute Gasteiger partial charge is 0.338 e. The Morgan fingerprint density at radius 2 is 2.38 bits per heavy atom. The van der Waals surface area contributed by atoms with Crippen molar-refractivity contribution in [1.29, 1.82) is 0 Å². The molecular weight excluding hydrogens is 206 g/mol. The summed E-state index contributed by atoms with van der Waals surface area (Å²) in [5, 5.41) is 3.75. The average Bonchev–Trinajstić information content (AvgIpc) is 2.64. The van der Waals surface area contributed by atoms with Gasteiger partial charge in [-0.05, 0) is 33.2 Å². The standard InChI is InChI=1S/C11H17N3O2/c1-8(15)10-5-3-4-6-14(10)7-11-12-9(2)13-16-11/h10H,3-7H2,1-2H3. The summed E-state index contributed by atoms with van der Waals surface area (Å²) in [6.45, 7) is 4.98. The number of hydrogen-bond donors (Lipinski definition) is 0. The maximum atomic E-state index is 11.5. The van der Waals surface area contributed by atoms with Gasteiger partial charge in [-0.25, -0.2) is 0 Å². The summed E-state index contributed by atoms with van der Waals surface area (Å²) in [6.07, 6.45) is 3.21. The van der Waals surface area contributed by atoms with Gasteiger partial charge in [-0.15, -0.1) is 0 Å². The summed E-state index contributed by atoms with van der Waals surface area (Å²) in [4.78, 5) is 17.8. The summed E-state index contributed by atoms with van der Waals surface area (Å²) in [5.74, 6) is 1.48. The number of rotatable bonds is 3. The van der Waals surface area contributed by atoms with Crippen LogP contribution in [0.4, 0.5) is 0 Å². The molecule has 0 aliphatic carbocycles. The smallest absolute Gasteiger partial charge is 0.240 e. The van der Waals surface area contributed by atoms with Gasteiger partial charge in [0.2, 0.25) is 5.89 Å². The molecule has 1 fully saturated rings. The molecule has 1 saturated heterocycles. The van der Waals surface area contributed by atoms with Gasteiger partial charge in [-0.2, -0.15) is 4.98 Å². The predicted octanol–water partition coefficient (Wildman–Crippen LogP) is 1.32. The van der Waals surface area contributed by atoms with E-state index in [1.54, 1.807) is 13.8 Å². The molecule has 0 amide bonds. The van der Waals surface area contributed by atoms with Crippen LogP contribution in [-0.2, 0) is 11.3 Å². The van der Waals surface area contributed by atoms with Crippen LogP contribution in [0.1, 0.15) is 37.9 Å². The number of ketones is 1. The Kier molecular flexibility index (Phi) is 3.33. The molecule has 2 heterocycles. The van der Waals surface area contributed by atoms with Gasteiger partial charge in [0.1, 0.15) is 5.78 Å². The summed E-state index contributed by atoms with van der Waals surface area (Å²) in [7, 11) is 0. The molecule has 1 aliphatic heterocycles. The van der Waals surface area contributed by atoms with E-state index in [9.17, 15) is 4.79 Å². The number of carbonyl (C=O) groups is 1. The first-order valence-corrected chi connectivity index (χ1v) is 5.70. The molecule has 1 aliphatic rings. The van der Waals surface area contributed by atoms with Crippen LogP contribution in [0.25, 0.3) is 0 Å². The van der Waals surface area contributed by atoms with E-state index >= 15 is 0 Å². The second kappa shape index (κ2) is 4.74. The van der Waals surface area contributed by atoms with Crippen molar-refractivity contribution in [2.75, 3.05) is 6.54 Å². The molecule has 0 aromatic carbocycles. The number of carbonyl (C=O) groups excluding carboxylic acids is 1. The molecular formula is C11H17N3O2. The Morgan fingerprint density at radius 1 is 1.56 bits per heavy atom. The second-order valence-electron chi connectivity index (χ2n) is 4.33. The van der Waals surface area contributed by atoms with E-state index in [2.05, 4.69) is 15.0 Å². The molecule has 1 atom stereocenters. The Morgan fingerprint density at radius 3 is 3.00 bits per heavy atom. The van der Waals surface area contributed by atoms with E-state index < -0.39 is 0 Å². The fourth-order valence-electron chi connectivity index (χ4n) is 2.22. The summed E-state index contributed by atoms with van der Waals surface area (Å²) < 4.78 is 5.08. The van der Waals surface area contributed by atoms with Crippen LogP contribution < -0.4 is 0 Å². The Hall–Kier alpha value is -1.23. The minimum absolute atomic E-state index is 0.0287. The van der Waals surface area contributed by atoms with Crippen LogP contribution >= 0.6 is 0 Å². The van der Waals surface area contributed by atoms with Crippen LogP contribution in [0.3, 0.4) is 0 Å². The normalized spacial score (nSPS) is 22.2. The minimum atomic E-state index is 0.0287. The minimum Gasteiger partial charge on any atom is -0.338 e. The first kappa shape index (κ1) is 11.3. The Balaban J connectivity index is 2.03. The Bertz CT molecular complexity index is 375. The lowest BCUT2D eigenvalue weighted by atomic mass is 9.99. The van der Waals surface area contributed by atoms with Crippen LogP contribution in [0, 0.1) is 6.92 Å². The highest BCUT2D eigenvalue weighted by atomic mass is 16.5. The SMILES string of the molecule is CC(=O)C1CCCCN1Cc1nc(C)no1. The quantitative estimate of drug-likeness (QED) is 0.773. The lowest BCUT2D eigenvalue weighted by Crippen LogP contribution is -2.43. The highest BCUT2D eigenvalue weighted by molar-refractivity contribution is 5.81. The van der Waals surface area contributed by atoms with Crippen LogP contribution in [0.15, 0.2) is 4.52 Å². The predicted molar refractivity (Wildman–Crippen MR) is 57.8 cm³/mol. The number of likely N-dealkylation sites (tertiary alicyclic amines) is 1. The van der Waals surface area contributed by atoms with E-state index in [4.69, 9.17) is 4.52 Å². The van der Waals surface area contributed by atoms with Crippen molar-refractivity contribution >= 4 is 5.78 Å². The lowest BCUT2D eigenvalue weighted by Gasteiger charge is -2.32. The molecule has 1 unspecified atom stereocenters. The van der Waals surface area contributed by atoms with Gasteiger partial charge in [0.15, 0.2) is 5.82 Å². The molecule has 5 heteroatoms. The fourth-order valence-corrected chi connectivity index (χ4v) is 2.22. The maximum Gasteiger partial charge on any atom is 0.240 e. The van der Waals surface area contributed by atoms with Crippen molar-refractivity contribution in [3.63, 3.8) is 0 Å². The molecule has 16 heavy (non-hydrogen) atoms. The molecule has 0 spiro atoms. The van der Waals surface area contributed by atoms with E-state index in [0.29, 0.717) is 18.3 Å². The third-order valence-electron chi connectivity index (χ3n) is 2.99. The van der Waals surface area contributed by atoms with Gasteiger partial charge in [-0.3, -0.25) is 9.69 Å². The van der Waals surface area contributed by atoms with Gasteiger partial charge in [0, 0.05) is 0 Å². The van der Waals surface area contributed by atoms with E-state index in [0.717, 1.165) is 25.8 Å². The molecule has 1 aromatic rings. The van der Waals surface area contributed by atoms with E-state index in [-0.39, 0.29) is 11.8 Å². The first-order valence-electron chi connectivity index (χ1n) is 5.70. The average molecular weight is 223 g/mol. The van der Waals surface area contributed by atoms with Gasteiger partial charge in [0.05, 0.1) is 12.6 Å². The van der Waals surface area contributed by atoms with Crippen molar-refractivity contribution in [2.45, 2.75) is 45.7 Å². The number of piperidine rings is 1. The fraction of sp³-hybridized carbons (Fsp3) is 0.727. The molecule has 0 radical (unpaired) electrons. The Labute approximate surface area is 94.8 Å². The third-order valence-corrected chi connectivity index (χ3v) is 2.99. The molecule has 0 bridgehead atoms. The van der Waals surface area contributed by atoms with Crippen molar-refractivity contribution in [2.24, 2.45) is 0 Å². The van der Waals surface area contributed by atoms with Crippen molar-refractivity contribution in [3.05, 3.63) is 11.7 Å². The zero-order chi connectivity index (χ0) is 11.5. The highest BCUT2D eigenvalue weighted by Gasteiger charge is 2.27. The van der Waals surface area contributed by atoms with Gasteiger partial charge < -0.3 is 4.52 Å². The van der Waals surface area contributed by atoms with E-state index in [1.165, 1.54) is 0 Å². The van der Waals surface area contributed by atoms with Crippen molar-refractivity contribution in [3.8, 4) is 0 Å². The summed E-state index contributed by atoms with van der Waals surface area (Å²) in [5.41, 5.74) is 0. The summed E-state index contributed by atoms with van der Waals surface area (Å²) >= 11 is 0. The van der Waals surface area contributed by atoms with Crippen LogP contribution in [-0.4, -0.2) is 33.4 Å². The topological polar surface area (TPSA) is 59.2 Å². The van der Waals surface area contributed by atoms with Gasteiger partial charge >= 0.3 is 0 Å². The zero-order valence-electron chi connectivity index (χ0n) is 9.77. The van der Waals surface area contributed by atoms with Crippen LogP contribution in [0.5, 0.6) is 0 Å². The number of hydrogen-bond acceptors (Lipinski definition) is 5. The van der Waals surface area contributed by atoms with Gasteiger partial charge in [-0.1, -0.05) is 11.6 Å². The second-order valence-corrected chi connectivity index (χ2v) is 4.33. The highest BCUT2D eigenvalue weighted by Crippen LogP contribution is 2.19. The number of aromatic nitrogens is 2. The first-order chi connectivity index (χ1) is 7.66. The van der Waals surface area contributed by atoms with Crippen molar-refractivity contribution < 1.29 is 9.32 Å². The van der Waals surface area contributed by atoms with Gasteiger partial charge in [0.25, 0.3) is 0 Å². The maximum absolute atomic E-state index is 11.5. The molecule has 88 valence electrons. The number of aryl methyl sites for hydroxylation is 1. The zero-order valence-corrected chi connectivity index (χ0v) is 9.77. The third kappa shape index (κ3) is 2.47. The molecule has 2 rings (SSSR count). The molecule has 5 nitrogen and oxygen atoms in total.